The van der Waals surface area contributed by atoms with Gasteiger partial charge < -0.3 is 10.1 Å². The fourth-order valence-corrected chi connectivity index (χ4v) is 4.07. The summed E-state index contributed by atoms with van der Waals surface area (Å²) in [6.07, 6.45) is 3.24. The highest BCUT2D eigenvalue weighted by Crippen LogP contribution is 2.33. The van der Waals surface area contributed by atoms with Crippen LogP contribution in [0.15, 0.2) is 60.0 Å². The maximum absolute atomic E-state index is 12.9. The van der Waals surface area contributed by atoms with E-state index in [1.807, 2.05) is 6.07 Å². The first-order chi connectivity index (χ1) is 14.4. The second-order valence-corrected chi connectivity index (χ2v) is 8.27. The lowest BCUT2D eigenvalue weighted by Gasteiger charge is -2.12. The molecule has 0 bridgehead atoms. The lowest BCUT2D eigenvalue weighted by Crippen LogP contribution is -2.36. The average molecular weight is 538 g/mol. The fourth-order valence-electron chi connectivity index (χ4n) is 2.54. The molecule has 1 saturated heterocycles. The SMILES string of the molecule is C=CCOc1ccc(/C=C2\SC(=O)N(CC(=O)Nc3ccc(F)cc3)C2=O)cc1I. The van der Waals surface area contributed by atoms with Crippen LogP contribution in [0.3, 0.4) is 0 Å². The molecule has 154 valence electrons. The zero-order valence-electron chi connectivity index (χ0n) is 15.6. The van der Waals surface area contributed by atoms with E-state index in [2.05, 4.69) is 34.5 Å². The summed E-state index contributed by atoms with van der Waals surface area (Å²) in [7, 11) is 0. The van der Waals surface area contributed by atoms with Gasteiger partial charge in [-0.1, -0.05) is 18.7 Å². The zero-order chi connectivity index (χ0) is 21.7. The number of anilines is 1. The predicted molar refractivity (Wildman–Crippen MR) is 123 cm³/mol. The van der Waals surface area contributed by atoms with Gasteiger partial charge in [0.25, 0.3) is 11.1 Å². The van der Waals surface area contributed by atoms with Gasteiger partial charge in [0.2, 0.25) is 5.91 Å². The molecule has 1 heterocycles. The number of halogens is 2. The Labute approximate surface area is 190 Å². The van der Waals surface area contributed by atoms with Crippen LogP contribution >= 0.6 is 34.4 Å². The number of nitrogens with one attached hydrogen (secondary N) is 1. The van der Waals surface area contributed by atoms with Gasteiger partial charge in [-0.15, -0.1) is 0 Å². The van der Waals surface area contributed by atoms with Crippen molar-refractivity contribution in [3.8, 4) is 5.75 Å². The summed E-state index contributed by atoms with van der Waals surface area (Å²) in [5.74, 6) is -0.832. The molecule has 0 atom stereocenters. The van der Waals surface area contributed by atoms with E-state index in [9.17, 15) is 18.8 Å². The van der Waals surface area contributed by atoms with Crippen molar-refractivity contribution in [3.63, 3.8) is 0 Å². The topological polar surface area (TPSA) is 75.7 Å². The van der Waals surface area contributed by atoms with Gasteiger partial charge >= 0.3 is 0 Å². The largest absolute Gasteiger partial charge is 0.488 e. The van der Waals surface area contributed by atoms with Gasteiger partial charge in [-0.25, -0.2) is 4.39 Å². The number of carbonyl (C=O) groups is 3. The van der Waals surface area contributed by atoms with E-state index in [0.717, 1.165) is 25.8 Å². The summed E-state index contributed by atoms with van der Waals surface area (Å²) in [4.78, 5) is 38.1. The first kappa shape index (κ1) is 22.0. The third-order valence-corrected chi connectivity index (χ3v) is 5.66. The summed E-state index contributed by atoms with van der Waals surface area (Å²) in [6, 6.07) is 10.6. The van der Waals surface area contributed by atoms with Gasteiger partial charge in [-0.3, -0.25) is 19.3 Å². The number of hydrogen-bond acceptors (Lipinski definition) is 5. The molecule has 1 N–H and O–H groups in total. The van der Waals surface area contributed by atoms with E-state index in [-0.39, 0.29) is 4.91 Å². The van der Waals surface area contributed by atoms with Gasteiger partial charge in [-0.05, 0) is 82.4 Å². The van der Waals surface area contributed by atoms with Crippen LogP contribution in [0.2, 0.25) is 0 Å². The van der Waals surface area contributed by atoms with Gasteiger partial charge in [0.15, 0.2) is 0 Å². The summed E-state index contributed by atoms with van der Waals surface area (Å²) in [5, 5.41) is 2.00. The maximum Gasteiger partial charge on any atom is 0.294 e. The normalized spacial score (nSPS) is 14.9. The van der Waals surface area contributed by atoms with E-state index in [1.165, 1.54) is 24.3 Å². The molecule has 1 aliphatic heterocycles. The number of amides is 3. The van der Waals surface area contributed by atoms with Crippen LogP contribution in [0.1, 0.15) is 5.56 Å². The van der Waals surface area contributed by atoms with E-state index < -0.39 is 29.4 Å². The minimum atomic E-state index is -0.552. The highest BCUT2D eigenvalue weighted by atomic mass is 127. The molecular formula is C21H16FIN2O4S. The van der Waals surface area contributed by atoms with Crippen LogP contribution in [0.25, 0.3) is 6.08 Å². The molecule has 0 radical (unpaired) electrons. The monoisotopic (exact) mass is 538 g/mol. The van der Waals surface area contributed by atoms with Crippen LogP contribution in [0.4, 0.5) is 14.9 Å². The standard InChI is InChI=1S/C21H16FIN2O4S/c1-2-9-29-17-8-3-13(10-16(17)23)11-18-20(27)25(21(28)30-18)12-19(26)24-15-6-4-14(22)5-7-15/h2-8,10-11H,1,9,12H2,(H,24,26)/b18-11-. The number of benzene rings is 2. The molecule has 0 spiro atoms. The van der Waals surface area contributed by atoms with Crippen LogP contribution in [-0.2, 0) is 9.59 Å². The van der Waals surface area contributed by atoms with E-state index in [0.29, 0.717) is 18.0 Å². The van der Waals surface area contributed by atoms with Gasteiger partial charge in [0, 0.05) is 5.69 Å². The third-order valence-electron chi connectivity index (χ3n) is 3.91. The van der Waals surface area contributed by atoms with Gasteiger partial charge in [-0.2, -0.15) is 0 Å². The highest BCUT2D eigenvalue weighted by Gasteiger charge is 2.36. The lowest BCUT2D eigenvalue weighted by atomic mass is 10.2. The van der Waals surface area contributed by atoms with Crippen molar-refractivity contribution in [3.05, 3.63) is 75.0 Å². The molecule has 1 fully saturated rings. The molecule has 0 aromatic heterocycles. The summed E-state index contributed by atoms with van der Waals surface area (Å²) in [6.45, 7) is 3.56. The number of hydrogen-bond donors (Lipinski definition) is 1. The van der Waals surface area contributed by atoms with Gasteiger partial charge in [0.1, 0.15) is 24.7 Å². The van der Waals surface area contributed by atoms with Crippen molar-refractivity contribution in [2.45, 2.75) is 0 Å². The summed E-state index contributed by atoms with van der Waals surface area (Å²) < 4.78 is 19.3. The summed E-state index contributed by atoms with van der Waals surface area (Å²) >= 11 is 2.89. The Hall–Kier alpha value is -2.66. The van der Waals surface area contributed by atoms with E-state index in [1.54, 1.807) is 24.3 Å². The molecule has 6 nitrogen and oxygen atoms in total. The Morgan fingerprint density at radius 2 is 1.97 bits per heavy atom. The second kappa shape index (κ2) is 9.90. The van der Waals surface area contributed by atoms with Crippen LogP contribution < -0.4 is 10.1 Å². The minimum Gasteiger partial charge on any atom is -0.488 e. The van der Waals surface area contributed by atoms with Crippen molar-refractivity contribution in [1.29, 1.82) is 0 Å². The first-order valence-corrected chi connectivity index (χ1v) is 10.6. The van der Waals surface area contributed by atoms with Crippen molar-refractivity contribution < 1.29 is 23.5 Å². The number of thioether (sulfide) groups is 1. The molecule has 1 aliphatic rings. The Morgan fingerprint density at radius 3 is 2.63 bits per heavy atom. The number of ether oxygens (including phenoxy) is 1. The smallest absolute Gasteiger partial charge is 0.294 e. The number of imide groups is 1. The molecule has 2 aromatic rings. The molecule has 3 amide bonds. The van der Waals surface area contributed by atoms with Gasteiger partial charge in [0.05, 0.1) is 8.48 Å². The summed E-state index contributed by atoms with van der Waals surface area (Å²) in [5.41, 5.74) is 1.10. The molecule has 0 unspecified atom stereocenters. The van der Waals surface area contributed by atoms with Crippen LogP contribution in [-0.4, -0.2) is 35.1 Å². The lowest BCUT2D eigenvalue weighted by molar-refractivity contribution is -0.127. The molecule has 30 heavy (non-hydrogen) atoms. The second-order valence-electron chi connectivity index (χ2n) is 6.11. The van der Waals surface area contributed by atoms with Crippen LogP contribution in [0.5, 0.6) is 5.75 Å². The number of carbonyl (C=O) groups excluding carboxylic acids is 3. The van der Waals surface area contributed by atoms with Crippen molar-refractivity contribution in [2.24, 2.45) is 0 Å². The molecule has 9 heteroatoms. The molecule has 3 rings (SSSR count). The molecule has 0 aliphatic carbocycles. The maximum atomic E-state index is 12.9. The Balaban J connectivity index is 1.68. The van der Waals surface area contributed by atoms with E-state index >= 15 is 0 Å². The third kappa shape index (κ3) is 5.48. The number of rotatable bonds is 7. The fraction of sp³-hybridized carbons (Fsp3) is 0.0952. The molecular weight excluding hydrogens is 522 g/mol. The minimum absolute atomic E-state index is 0.227. The highest BCUT2D eigenvalue weighted by molar-refractivity contribution is 14.1. The van der Waals surface area contributed by atoms with E-state index in [4.69, 9.17) is 4.74 Å². The Kier molecular flexibility index (Phi) is 7.27. The zero-order valence-corrected chi connectivity index (χ0v) is 18.5. The number of nitrogens with zero attached hydrogens (tertiary/aromatic N) is 1. The molecule has 2 aromatic carbocycles. The quantitative estimate of drug-likeness (QED) is 0.315. The van der Waals surface area contributed by atoms with Crippen molar-refractivity contribution in [1.82, 2.24) is 4.90 Å². The first-order valence-electron chi connectivity index (χ1n) is 8.71. The Bertz CT molecular complexity index is 1040. The average Bonchev–Trinajstić information content (AvgIpc) is 2.96. The predicted octanol–water partition coefficient (Wildman–Crippen LogP) is 4.67. The Morgan fingerprint density at radius 1 is 1.23 bits per heavy atom. The van der Waals surface area contributed by atoms with Crippen LogP contribution in [0, 0.1) is 9.39 Å². The van der Waals surface area contributed by atoms with Crippen molar-refractivity contribution in [2.75, 3.05) is 18.5 Å². The molecule has 0 saturated carbocycles. The van der Waals surface area contributed by atoms with Crippen molar-refractivity contribution >= 4 is 63.2 Å².